The zero-order valence-electron chi connectivity index (χ0n) is 12.6. The molecule has 1 aliphatic rings. The van der Waals surface area contributed by atoms with Gasteiger partial charge in [-0.05, 0) is 40.5 Å². The molecule has 1 atom stereocenters. The van der Waals surface area contributed by atoms with Gasteiger partial charge in [0.05, 0.1) is 6.61 Å². The quantitative estimate of drug-likeness (QED) is 0.572. The van der Waals surface area contributed by atoms with Crippen molar-refractivity contribution in [3.63, 3.8) is 0 Å². The molecule has 1 saturated heterocycles. The van der Waals surface area contributed by atoms with E-state index in [1.54, 1.807) is 27.7 Å². The minimum absolute atomic E-state index is 0.105. The van der Waals surface area contributed by atoms with Gasteiger partial charge in [-0.25, -0.2) is 0 Å². The Kier molecular flexibility index (Phi) is 5.53. The van der Waals surface area contributed by atoms with E-state index in [0.29, 0.717) is 19.4 Å². The summed E-state index contributed by atoms with van der Waals surface area (Å²) in [7, 11) is 0. The SMILES string of the molecule is CCOC(=O)CN1CCC[C@H](C(=O)OC(C)(C)C)C1=O. The summed E-state index contributed by atoms with van der Waals surface area (Å²) in [5, 5.41) is 0. The van der Waals surface area contributed by atoms with Gasteiger partial charge in [0, 0.05) is 6.54 Å². The van der Waals surface area contributed by atoms with Crippen LogP contribution in [0.1, 0.15) is 40.5 Å². The van der Waals surface area contributed by atoms with Gasteiger partial charge in [-0.2, -0.15) is 0 Å². The van der Waals surface area contributed by atoms with Gasteiger partial charge in [-0.3, -0.25) is 14.4 Å². The van der Waals surface area contributed by atoms with E-state index in [4.69, 9.17) is 9.47 Å². The lowest BCUT2D eigenvalue weighted by Gasteiger charge is -2.32. The lowest BCUT2D eigenvalue weighted by atomic mass is 9.97. The highest BCUT2D eigenvalue weighted by Crippen LogP contribution is 2.22. The van der Waals surface area contributed by atoms with Gasteiger partial charge >= 0.3 is 11.9 Å². The van der Waals surface area contributed by atoms with Crippen molar-refractivity contribution < 1.29 is 23.9 Å². The molecule has 0 aromatic rings. The standard InChI is InChI=1S/C14H23NO5/c1-5-19-11(16)9-15-8-6-7-10(12(15)17)13(18)20-14(2,3)4/h10H,5-9H2,1-4H3/t10-/m0/s1. The second-order valence-electron chi connectivity index (χ2n) is 5.79. The van der Waals surface area contributed by atoms with E-state index >= 15 is 0 Å². The van der Waals surface area contributed by atoms with Gasteiger partial charge in [0.25, 0.3) is 0 Å². The Bertz CT molecular complexity index is 386. The lowest BCUT2D eigenvalue weighted by Crippen LogP contribution is -2.47. The zero-order valence-corrected chi connectivity index (χ0v) is 12.6. The molecule has 0 saturated carbocycles. The maximum atomic E-state index is 12.2. The number of hydrogen-bond donors (Lipinski definition) is 0. The molecular formula is C14H23NO5. The van der Waals surface area contributed by atoms with Crippen molar-refractivity contribution >= 4 is 17.8 Å². The molecule has 1 rings (SSSR count). The van der Waals surface area contributed by atoms with Crippen molar-refractivity contribution in [2.75, 3.05) is 19.7 Å². The van der Waals surface area contributed by atoms with Crippen molar-refractivity contribution in [3.8, 4) is 0 Å². The predicted molar refractivity (Wildman–Crippen MR) is 71.8 cm³/mol. The Morgan fingerprint density at radius 2 is 2.00 bits per heavy atom. The number of amides is 1. The molecule has 0 unspecified atom stereocenters. The molecular weight excluding hydrogens is 262 g/mol. The predicted octanol–water partition coefficient (Wildman–Crippen LogP) is 1.13. The lowest BCUT2D eigenvalue weighted by molar-refractivity contribution is -0.168. The highest BCUT2D eigenvalue weighted by Gasteiger charge is 2.37. The molecule has 0 spiro atoms. The monoisotopic (exact) mass is 285 g/mol. The number of ether oxygens (including phenoxy) is 2. The number of nitrogens with zero attached hydrogens (tertiary/aromatic N) is 1. The summed E-state index contributed by atoms with van der Waals surface area (Å²) in [6.45, 7) is 7.62. The molecule has 1 amide bonds. The average molecular weight is 285 g/mol. The number of piperidine rings is 1. The third kappa shape index (κ3) is 4.83. The van der Waals surface area contributed by atoms with Crippen LogP contribution in [0.15, 0.2) is 0 Å². The highest BCUT2D eigenvalue weighted by molar-refractivity contribution is 5.99. The summed E-state index contributed by atoms with van der Waals surface area (Å²) in [5.41, 5.74) is -0.624. The fourth-order valence-corrected chi connectivity index (χ4v) is 2.05. The van der Waals surface area contributed by atoms with Crippen LogP contribution in [0.4, 0.5) is 0 Å². The summed E-state index contributed by atoms with van der Waals surface area (Å²) in [6, 6.07) is 0. The third-order valence-corrected chi connectivity index (χ3v) is 2.85. The molecule has 114 valence electrons. The molecule has 0 N–H and O–H groups in total. The Morgan fingerprint density at radius 1 is 1.35 bits per heavy atom. The van der Waals surface area contributed by atoms with Crippen molar-refractivity contribution in [1.82, 2.24) is 4.90 Å². The first-order chi connectivity index (χ1) is 9.24. The molecule has 0 aromatic heterocycles. The summed E-state index contributed by atoms with van der Waals surface area (Å²) >= 11 is 0. The summed E-state index contributed by atoms with van der Waals surface area (Å²) in [5.74, 6) is -2.13. The Labute approximate surface area is 119 Å². The Hall–Kier alpha value is -1.59. The normalized spacial score (nSPS) is 19.7. The second kappa shape index (κ2) is 6.72. The topological polar surface area (TPSA) is 72.9 Å². The van der Waals surface area contributed by atoms with Crippen LogP contribution in [-0.2, 0) is 23.9 Å². The summed E-state index contributed by atoms with van der Waals surface area (Å²) < 4.78 is 10.1. The van der Waals surface area contributed by atoms with Crippen LogP contribution in [0, 0.1) is 5.92 Å². The molecule has 20 heavy (non-hydrogen) atoms. The molecule has 0 radical (unpaired) electrons. The molecule has 1 heterocycles. The van der Waals surface area contributed by atoms with E-state index < -0.39 is 23.5 Å². The minimum Gasteiger partial charge on any atom is -0.465 e. The van der Waals surface area contributed by atoms with E-state index in [1.165, 1.54) is 4.90 Å². The van der Waals surface area contributed by atoms with Crippen molar-refractivity contribution in [2.45, 2.75) is 46.1 Å². The van der Waals surface area contributed by atoms with Gasteiger partial charge in [0.15, 0.2) is 0 Å². The van der Waals surface area contributed by atoms with Crippen molar-refractivity contribution in [2.24, 2.45) is 5.92 Å². The van der Waals surface area contributed by atoms with Crippen LogP contribution in [0.25, 0.3) is 0 Å². The van der Waals surface area contributed by atoms with E-state index in [0.717, 1.165) is 0 Å². The van der Waals surface area contributed by atoms with E-state index in [2.05, 4.69) is 0 Å². The first kappa shape index (κ1) is 16.5. The molecule has 0 bridgehead atoms. The van der Waals surface area contributed by atoms with Crippen LogP contribution in [0.2, 0.25) is 0 Å². The van der Waals surface area contributed by atoms with Gasteiger partial charge in [-0.1, -0.05) is 0 Å². The largest absolute Gasteiger partial charge is 0.465 e. The number of rotatable bonds is 4. The molecule has 1 aliphatic heterocycles. The van der Waals surface area contributed by atoms with Crippen LogP contribution in [-0.4, -0.2) is 48.0 Å². The number of carbonyl (C=O) groups excluding carboxylic acids is 3. The minimum atomic E-state index is -0.808. The number of hydrogen-bond acceptors (Lipinski definition) is 5. The smallest absolute Gasteiger partial charge is 0.325 e. The van der Waals surface area contributed by atoms with Crippen LogP contribution in [0.5, 0.6) is 0 Å². The fraction of sp³-hybridized carbons (Fsp3) is 0.786. The number of likely N-dealkylation sites (tertiary alicyclic amines) is 1. The first-order valence-corrected chi connectivity index (χ1v) is 6.92. The molecule has 0 aromatic carbocycles. The summed E-state index contributed by atoms with van der Waals surface area (Å²) in [6.07, 6.45) is 1.14. The van der Waals surface area contributed by atoms with Gasteiger partial charge in [-0.15, -0.1) is 0 Å². The third-order valence-electron chi connectivity index (χ3n) is 2.85. The Morgan fingerprint density at radius 3 is 2.55 bits per heavy atom. The van der Waals surface area contributed by atoms with Crippen molar-refractivity contribution in [3.05, 3.63) is 0 Å². The van der Waals surface area contributed by atoms with E-state index in [-0.39, 0.29) is 19.1 Å². The Balaban J connectivity index is 2.64. The van der Waals surface area contributed by atoms with Crippen molar-refractivity contribution in [1.29, 1.82) is 0 Å². The zero-order chi connectivity index (χ0) is 15.3. The molecule has 1 fully saturated rings. The van der Waals surface area contributed by atoms with Gasteiger partial charge < -0.3 is 14.4 Å². The van der Waals surface area contributed by atoms with E-state index in [9.17, 15) is 14.4 Å². The fourth-order valence-electron chi connectivity index (χ4n) is 2.05. The highest BCUT2D eigenvalue weighted by atomic mass is 16.6. The number of esters is 2. The van der Waals surface area contributed by atoms with Crippen LogP contribution < -0.4 is 0 Å². The average Bonchev–Trinajstić information content (AvgIpc) is 2.29. The maximum absolute atomic E-state index is 12.2. The number of carbonyl (C=O) groups is 3. The molecule has 6 nitrogen and oxygen atoms in total. The van der Waals surface area contributed by atoms with Crippen LogP contribution >= 0.6 is 0 Å². The van der Waals surface area contributed by atoms with Gasteiger partial charge in [0.1, 0.15) is 18.1 Å². The maximum Gasteiger partial charge on any atom is 0.325 e. The molecule has 6 heteroatoms. The second-order valence-corrected chi connectivity index (χ2v) is 5.79. The van der Waals surface area contributed by atoms with Crippen LogP contribution in [0.3, 0.4) is 0 Å². The molecule has 0 aliphatic carbocycles. The first-order valence-electron chi connectivity index (χ1n) is 6.92. The summed E-state index contributed by atoms with van der Waals surface area (Å²) in [4.78, 5) is 37.0. The van der Waals surface area contributed by atoms with E-state index in [1.807, 2.05) is 0 Å². The van der Waals surface area contributed by atoms with Gasteiger partial charge in [0.2, 0.25) is 5.91 Å².